The Balaban J connectivity index is 0.00000288. The normalized spacial score (nSPS) is 14.8. The van der Waals surface area contributed by atoms with Crippen LogP contribution in [0.1, 0.15) is 26.2 Å². The average molecular weight is 357 g/mol. The van der Waals surface area contributed by atoms with Gasteiger partial charge in [0, 0.05) is 13.1 Å². The molecule has 1 fully saturated rings. The minimum atomic E-state index is 0. The Morgan fingerprint density at radius 1 is 1.17 bits per heavy atom. The topological polar surface area (TPSA) is 50.8 Å². The number of hydrogen-bond acceptors (Lipinski definition) is 4. The van der Waals surface area contributed by atoms with E-state index in [2.05, 4.69) is 5.32 Å². The molecule has 0 unspecified atom stereocenters. The number of nitrogens with zero attached hydrogens (tertiary/aromatic N) is 1. The first kappa shape index (κ1) is 20.6. The Bertz CT molecular complexity index is 474. The zero-order valence-electron chi connectivity index (χ0n) is 14.6. The lowest BCUT2D eigenvalue weighted by molar-refractivity contribution is -0.134. The molecule has 1 amide bonds. The molecule has 1 aliphatic rings. The third-order valence-corrected chi connectivity index (χ3v) is 4.27. The van der Waals surface area contributed by atoms with E-state index >= 15 is 0 Å². The summed E-state index contributed by atoms with van der Waals surface area (Å²) in [7, 11) is 1.98. The number of halogens is 1. The van der Waals surface area contributed by atoms with Crippen molar-refractivity contribution in [2.45, 2.75) is 26.2 Å². The molecule has 1 aromatic carbocycles. The lowest BCUT2D eigenvalue weighted by atomic mass is 9.93. The van der Waals surface area contributed by atoms with Crippen molar-refractivity contribution in [2.75, 3.05) is 39.9 Å². The Morgan fingerprint density at radius 2 is 1.75 bits per heavy atom. The maximum absolute atomic E-state index is 12.2. The summed E-state index contributed by atoms with van der Waals surface area (Å²) in [5.41, 5.74) is 0. The second-order valence-electron chi connectivity index (χ2n) is 5.91. The quantitative estimate of drug-likeness (QED) is 0.778. The summed E-state index contributed by atoms with van der Waals surface area (Å²) in [6.45, 7) is 5.45. The summed E-state index contributed by atoms with van der Waals surface area (Å²) in [4.78, 5) is 14.1. The molecule has 0 atom stereocenters. The number of likely N-dealkylation sites (tertiary alicyclic amines) is 1. The molecule has 0 aromatic heterocycles. The van der Waals surface area contributed by atoms with E-state index in [0.29, 0.717) is 12.4 Å². The first-order chi connectivity index (χ1) is 11.2. The number of carbonyl (C=O) groups excluding carboxylic acids is 1. The third-order valence-electron chi connectivity index (χ3n) is 4.27. The first-order valence-corrected chi connectivity index (χ1v) is 8.51. The van der Waals surface area contributed by atoms with E-state index in [-0.39, 0.29) is 24.9 Å². The van der Waals surface area contributed by atoms with E-state index in [9.17, 15) is 4.79 Å². The fourth-order valence-corrected chi connectivity index (χ4v) is 2.85. The van der Waals surface area contributed by atoms with Gasteiger partial charge in [-0.05, 0) is 70.0 Å². The molecule has 24 heavy (non-hydrogen) atoms. The van der Waals surface area contributed by atoms with Crippen molar-refractivity contribution in [3.05, 3.63) is 24.3 Å². The van der Waals surface area contributed by atoms with Crippen LogP contribution in [-0.2, 0) is 4.79 Å². The molecule has 2 rings (SSSR count). The number of nitrogens with one attached hydrogen (secondary N) is 1. The first-order valence-electron chi connectivity index (χ1n) is 8.51. The van der Waals surface area contributed by atoms with Crippen molar-refractivity contribution in [3.8, 4) is 11.5 Å². The van der Waals surface area contributed by atoms with E-state index in [1.807, 2.05) is 43.1 Å². The Hall–Kier alpha value is -1.46. The molecular formula is C18H29ClN2O3. The Morgan fingerprint density at radius 3 is 2.29 bits per heavy atom. The van der Waals surface area contributed by atoms with Crippen LogP contribution in [-0.4, -0.2) is 50.7 Å². The monoisotopic (exact) mass is 356 g/mol. The molecule has 1 heterocycles. The summed E-state index contributed by atoms with van der Waals surface area (Å²) in [5.74, 6) is 2.32. The molecule has 1 N–H and O–H groups in total. The number of ether oxygens (including phenoxy) is 2. The van der Waals surface area contributed by atoms with Crippen molar-refractivity contribution in [2.24, 2.45) is 5.92 Å². The minimum absolute atomic E-state index is 0. The average Bonchev–Trinajstić information content (AvgIpc) is 2.60. The van der Waals surface area contributed by atoms with E-state index in [0.717, 1.165) is 44.1 Å². The van der Waals surface area contributed by atoms with Crippen LogP contribution in [0.5, 0.6) is 11.5 Å². The molecule has 0 aliphatic carbocycles. The van der Waals surface area contributed by atoms with Crippen molar-refractivity contribution in [1.29, 1.82) is 0 Å². The highest BCUT2D eigenvalue weighted by Gasteiger charge is 2.22. The summed E-state index contributed by atoms with van der Waals surface area (Å²) in [6, 6.07) is 7.39. The molecule has 1 aromatic rings. The number of amides is 1. The third kappa shape index (κ3) is 6.57. The van der Waals surface area contributed by atoms with Gasteiger partial charge in [-0.2, -0.15) is 0 Å². The Labute approximate surface area is 151 Å². The Kier molecular flexibility index (Phi) is 9.57. The van der Waals surface area contributed by atoms with Gasteiger partial charge in [-0.15, -0.1) is 12.4 Å². The van der Waals surface area contributed by atoms with Crippen LogP contribution in [0.4, 0.5) is 0 Å². The number of piperidine rings is 1. The van der Waals surface area contributed by atoms with Gasteiger partial charge in [-0.3, -0.25) is 4.79 Å². The van der Waals surface area contributed by atoms with Crippen LogP contribution in [0.15, 0.2) is 24.3 Å². The van der Waals surface area contributed by atoms with Gasteiger partial charge in [-0.1, -0.05) is 0 Å². The van der Waals surface area contributed by atoms with Crippen LogP contribution in [0.25, 0.3) is 0 Å². The smallest absolute Gasteiger partial charge is 0.260 e. The highest BCUT2D eigenvalue weighted by atomic mass is 35.5. The van der Waals surface area contributed by atoms with Gasteiger partial charge < -0.3 is 19.7 Å². The number of hydrogen-bond donors (Lipinski definition) is 1. The van der Waals surface area contributed by atoms with Crippen LogP contribution in [0.3, 0.4) is 0 Å². The minimum Gasteiger partial charge on any atom is -0.494 e. The van der Waals surface area contributed by atoms with Gasteiger partial charge in [-0.25, -0.2) is 0 Å². The van der Waals surface area contributed by atoms with E-state index < -0.39 is 0 Å². The summed E-state index contributed by atoms with van der Waals surface area (Å²) in [5, 5.41) is 3.19. The summed E-state index contributed by atoms with van der Waals surface area (Å²) >= 11 is 0. The van der Waals surface area contributed by atoms with Crippen molar-refractivity contribution in [1.82, 2.24) is 10.2 Å². The maximum Gasteiger partial charge on any atom is 0.260 e. The molecule has 0 radical (unpaired) electrons. The molecule has 6 heteroatoms. The SMILES string of the molecule is CCOc1ccc(OCC(=O)N2CCC(CCNC)CC2)cc1.Cl. The zero-order valence-corrected chi connectivity index (χ0v) is 15.4. The van der Waals surface area contributed by atoms with Gasteiger partial charge in [0.2, 0.25) is 0 Å². The van der Waals surface area contributed by atoms with Gasteiger partial charge in [0.05, 0.1) is 6.61 Å². The fourth-order valence-electron chi connectivity index (χ4n) is 2.85. The van der Waals surface area contributed by atoms with Crippen molar-refractivity contribution in [3.63, 3.8) is 0 Å². The van der Waals surface area contributed by atoms with Crippen LogP contribution in [0.2, 0.25) is 0 Å². The highest BCUT2D eigenvalue weighted by molar-refractivity contribution is 5.85. The lowest BCUT2D eigenvalue weighted by Crippen LogP contribution is -2.41. The lowest BCUT2D eigenvalue weighted by Gasteiger charge is -2.32. The standard InChI is InChI=1S/C18H28N2O3.ClH/c1-3-22-16-4-6-17(7-5-16)23-14-18(21)20-12-9-15(10-13-20)8-11-19-2;/h4-7,15,19H,3,8-14H2,1-2H3;1H. The van der Waals surface area contributed by atoms with Crippen LogP contribution >= 0.6 is 12.4 Å². The summed E-state index contributed by atoms with van der Waals surface area (Å²) in [6.07, 6.45) is 3.38. The molecule has 0 saturated carbocycles. The molecule has 1 saturated heterocycles. The largest absolute Gasteiger partial charge is 0.494 e. The van der Waals surface area contributed by atoms with Gasteiger partial charge in [0.1, 0.15) is 11.5 Å². The maximum atomic E-state index is 12.2. The number of benzene rings is 1. The van der Waals surface area contributed by atoms with E-state index in [1.165, 1.54) is 6.42 Å². The molecular weight excluding hydrogens is 328 g/mol. The molecule has 136 valence electrons. The predicted molar refractivity (Wildman–Crippen MR) is 98.2 cm³/mol. The van der Waals surface area contributed by atoms with E-state index in [4.69, 9.17) is 9.47 Å². The van der Waals surface area contributed by atoms with Crippen LogP contribution in [0, 0.1) is 5.92 Å². The van der Waals surface area contributed by atoms with E-state index in [1.54, 1.807) is 0 Å². The number of rotatable bonds is 8. The van der Waals surface area contributed by atoms with Gasteiger partial charge in [0.25, 0.3) is 5.91 Å². The van der Waals surface area contributed by atoms with Gasteiger partial charge in [0.15, 0.2) is 6.61 Å². The molecule has 5 nitrogen and oxygen atoms in total. The summed E-state index contributed by atoms with van der Waals surface area (Å²) < 4.78 is 11.0. The predicted octanol–water partition coefficient (Wildman–Crippen LogP) is 2.73. The van der Waals surface area contributed by atoms with Crippen molar-refractivity contribution >= 4 is 18.3 Å². The molecule has 1 aliphatic heterocycles. The molecule has 0 bridgehead atoms. The van der Waals surface area contributed by atoms with Crippen LogP contribution < -0.4 is 14.8 Å². The fraction of sp³-hybridized carbons (Fsp3) is 0.611. The zero-order chi connectivity index (χ0) is 16.5. The highest BCUT2D eigenvalue weighted by Crippen LogP contribution is 2.21. The van der Waals surface area contributed by atoms with Crippen molar-refractivity contribution < 1.29 is 14.3 Å². The van der Waals surface area contributed by atoms with Gasteiger partial charge >= 0.3 is 0 Å². The second-order valence-corrected chi connectivity index (χ2v) is 5.91. The second kappa shape index (κ2) is 11.2. The number of carbonyl (C=O) groups is 1. The molecule has 0 spiro atoms.